The van der Waals surface area contributed by atoms with Crippen LogP contribution in [0.2, 0.25) is 0 Å². The molecule has 1 rings (SSSR count). The summed E-state index contributed by atoms with van der Waals surface area (Å²) in [4.78, 5) is -0.212. The van der Waals surface area contributed by atoms with Gasteiger partial charge in [-0.3, -0.25) is 0 Å². The Balaban J connectivity index is 2.63. The van der Waals surface area contributed by atoms with Crippen LogP contribution in [-0.4, -0.2) is 14.2 Å². The van der Waals surface area contributed by atoms with E-state index in [1.807, 2.05) is 0 Å². The highest BCUT2D eigenvalue weighted by Gasteiger charge is 2.19. The summed E-state index contributed by atoms with van der Waals surface area (Å²) >= 11 is 0. The van der Waals surface area contributed by atoms with E-state index in [-0.39, 0.29) is 10.6 Å². The van der Waals surface area contributed by atoms with Gasteiger partial charge >= 0.3 is 0 Å². The normalized spacial score (nSPS) is 12.2. The van der Waals surface area contributed by atoms with E-state index in [1.165, 1.54) is 0 Å². The summed E-state index contributed by atoms with van der Waals surface area (Å²) in [5, 5.41) is 8.84. The second-order valence-corrected chi connectivity index (χ2v) is 7.46. The maximum atomic E-state index is 13.0. The summed E-state index contributed by atoms with van der Waals surface area (Å²) in [5.41, 5.74) is -0.480. The van der Waals surface area contributed by atoms with Gasteiger partial charge in [-0.2, -0.15) is 5.26 Å². The molecule has 0 atom stereocenters. The van der Waals surface area contributed by atoms with Gasteiger partial charge in [0.15, 0.2) is 21.5 Å². The SMILES string of the molecule is CC(C)(C#N)CCCCS(=O)(=O)c1ccc(F)c(F)c1. The number of nitriles is 1. The van der Waals surface area contributed by atoms with Crippen LogP contribution < -0.4 is 0 Å². The number of benzene rings is 1. The van der Waals surface area contributed by atoms with Gasteiger partial charge in [0, 0.05) is 0 Å². The lowest BCUT2D eigenvalue weighted by molar-refractivity contribution is 0.431. The molecule has 0 aliphatic carbocycles. The first kappa shape index (κ1) is 16.6. The molecule has 0 aliphatic heterocycles. The first-order chi connectivity index (χ1) is 9.18. The quantitative estimate of drug-likeness (QED) is 0.597. The zero-order valence-electron chi connectivity index (χ0n) is 11.5. The second kappa shape index (κ2) is 6.31. The lowest BCUT2D eigenvalue weighted by Crippen LogP contribution is -2.11. The average Bonchev–Trinajstić information content (AvgIpc) is 2.38. The molecule has 0 amide bonds. The molecule has 3 nitrogen and oxygen atoms in total. The van der Waals surface area contributed by atoms with E-state index in [0.717, 1.165) is 12.1 Å². The Kier molecular flexibility index (Phi) is 5.23. The Morgan fingerprint density at radius 3 is 2.40 bits per heavy atom. The highest BCUT2D eigenvalue weighted by Crippen LogP contribution is 2.23. The Labute approximate surface area is 118 Å². The Bertz CT molecular complexity index is 619. The summed E-state index contributed by atoms with van der Waals surface area (Å²) < 4.78 is 49.7. The number of halogens is 2. The van der Waals surface area contributed by atoms with E-state index >= 15 is 0 Å². The topological polar surface area (TPSA) is 57.9 Å². The van der Waals surface area contributed by atoms with E-state index in [0.29, 0.717) is 25.3 Å². The van der Waals surface area contributed by atoms with Crippen LogP contribution in [0, 0.1) is 28.4 Å². The first-order valence-corrected chi connectivity index (χ1v) is 7.92. The molecular formula is C14H17F2NO2S. The van der Waals surface area contributed by atoms with Gasteiger partial charge in [0.05, 0.1) is 22.1 Å². The molecule has 0 bridgehead atoms. The molecule has 6 heteroatoms. The monoisotopic (exact) mass is 301 g/mol. The van der Waals surface area contributed by atoms with Crippen LogP contribution >= 0.6 is 0 Å². The van der Waals surface area contributed by atoms with Crippen molar-refractivity contribution in [2.24, 2.45) is 5.41 Å². The van der Waals surface area contributed by atoms with Crippen LogP contribution in [0.25, 0.3) is 0 Å². The molecule has 0 radical (unpaired) electrons. The highest BCUT2D eigenvalue weighted by atomic mass is 32.2. The molecule has 0 spiro atoms. The van der Waals surface area contributed by atoms with Gasteiger partial charge in [-0.25, -0.2) is 17.2 Å². The van der Waals surface area contributed by atoms with Gasteiger partial charge in [-0.1, -0.05) is 6.42 Å². The molecule has 20 heavy (non-hydrogen) atoms. The fourth-order valence-electron chi connectivity index (χ4n) is 1.70. The number of rotatable bonds is 6. The molecule has 1 aromatic rings. The van der Waals surface area contributed by atoms with Gasteiger partial charge in [-0.15, -0.1) is 0 Å². The fourth-order valence-corrected chi connectivity index (χ4v) is 3.08. The first-order valence-electron chi connectivity index (χ1n) is 6.27. The van der Waals surface area contributed by atoms with Gasteiger partial charge in [0.1, 0.15) is 0 Å². The van der Waals surface area contributed by atoms with Crippen molar-refractivity contribution >= 4 is 9.84 Å². The van der Waals surface area contributed by atoms with E-state index in [9.17, 15) is 17.2 Å². The third-order valence-corrected chi connectivity index (χ3v) is 4.82. The zero-order chi connectivity index (χ0) is 15.4. The second-order valence-electron chi connectivity index (χ2n) is 5.35. The van der Waals surface area contributed by atoms with Gasteiger partial charge in [-0.05, 0) is 44.9 Å². The summed E-state index contributed by atoms with van der Waals surface area (Å²) in [7, 11) is -3.61. The summed E-state index contributed by atoms with van der Waals surface area (Å²) in [6.45, 7) is 3.58. The molecule has 0 aliphatic rings. The van der Waals surface area contributed by atoms with Crippen LogP contribution in [0.1, 0.15) is 33.1 Å². The van der Waals surface area contributed by atoms with Crippen LogP contribution in [-0.2, 0) is 9.84 Å². The number of unbranched alkanes of at least 4 members (excludes halogenated alkanes) is 1. The van der Waals surface area contributed by atoms with Crippen molar-refractivity contribution in [3.8, 4) is 6.07 Å². The van der Waals surface area contributed by atoms with E-state index in [1.54, 1.807) is 13.8 Å². The predicted molar refractivity (Wildman–Crippen MR) is 71.7 cm³/mol. The Hall–Kier alpha value is -1.48. The summed E-state index contributed by atoms with van der Waals surface area (Å²) in [5.74, 6) is -2.38. The number of sulfone groups is 1. The van der Waals surface area contributed by atoms with Gasteiger partial charge in [0.25, 0.3) is 0 Å². The van der Waals surface area contributed by atoms with Crippen molar-refractivity contribution in [3.05, 3.63) is 29.8 Å². The maximum Gasteiger partial charge on any atom is 0.178 e. The number of hydrogen-bond acceptors (Lipinski definition) is 3. The van der Waals surface area contributed by atoms with Crippen LogP contribution in [0.3, 0.4) is 0 Å². The number of nitrogens with zero attached hydrogens (tertiary/aromatic N) is 1. The van der Waals surface area contributed by atoms with Crippen LogP contribution in [0.15, 0.2) is 23.1 Å². The molecule has 0 saturated heterocycles. The van der Waals surface area contributed by atoms with E-state index in [4.69, 9.17) is 5.26 Å². The minimum absolute atomic E-state index is 0.139. The molecule has 0 saturated carbocycles. The molecule has 110 valence electrons. The molecule has 0 N–H and O–H groups in total. The van der Waals surface area contributed by atoms with Crippen molar-refractivity contribution < 1.29 is 17.2 Å². The molecule has 0 fully saturated rings. The van der Waals surface area contributed by atoms with E-state index < -0.39 is 26.9 Å². The predicted octanol–water partition coefficient (Wildman–Crippen LogP) is 3.46. The molecule has 0 aromatic heterocycles. The standard InChI is InChI=1S/C14H17F2NO2S/c1-14(2,10-17)7-3-4-8-20(18,19)11-5-6-12(15)13(16)9-11/h5-6,9H,3-4,7-8H2,1-2H3. The lowest BCUT2D eigenvalue weighted by Gasteiger charge is -2.14. The largest absolute Gasteiger partial charge is 0.224 e. The van der Waals surface area contributed by atoms with E-state index in [2.05, 4.69) is 6.07 Å². The Morgan fingerprint density at radius 2 is 1.85 bits per heavy atom. The average molecular weight is 301 g/mol. The van der Waals surface area contributed by atoms with Gasteiger partial charge < -0.3 is 0 Å². The maximum absolute atomic E-state index is 13.0. The smallest absolute Gasteiger partial charge is 0.178 e. The van der Waals surface area contributed by atoms with Crippen molar-refractivity contribution in [2.75, 3.05) is 5.75 Å². The van der Waals surface area contributed by atoms with Crippen LogP contribution in [0.5, 0.6) is 0 Å². The molecule has 0 unspecified atom stereocenters. The van der Waals surface area contributed by atoms with Crippen LogP contribution in [0.4, 0.5) is 8.78 Å². The minimum atomic E-state index is -3.61. The number of hydrogen-bond donors (Lipinski definition) is 0. The van der Waals surface area contributed by atoms with Crippen molar-refractivity contribution in [2.45, 2.75) is 38.0 Å². The zero-order valence-corrected chi connectivity index (χ0v) is 12.3. The third kappa shape index (κ3) is 4.57. The minimum Gasteiger partial charge on any atom is -0.224 e. The van der Waals surface area contributed by atoms with Crippen molar-refractivity contribution in [1.82, 2.24) is 0 Å². The summed E-state index contributed by atoms with van der Waals surface area (Å²) in [6, 6.07) is 4.71. The van der Waals surface area contributed by atoms with Crippen molar-refractivity contribution in [1.29, 1.82) is 5.26 Å². The highest BCUT2D eigenvalue weighted by molar-refractivity contribution is 7.91. The molecule has 1 aromatic carbocycles. The summed E-state index contributed by atoms with van der Waals surface area (Å²) in [6.07, 6.45) is 1.56. The Morgan fingerprint density at radius 1 is 1.20 bits per heavy atom. The fraction of sp³-hybridized carbons (Fsp3) is 0.500. The van der Waals surface area contributed by atoms with Crippen molar-refractivity contribution in [3.63, 3.8) is 0 Å². The molecular weight excluding hydrogens is 284 g/mol. The molecule has 0 heterocycles. The third-order valence-electron chi connectivity index (χ3n) is 3.02. The lowest BCUT2D eigenvalue weighted by atomic mass is 9.89. The van der Waals surface area contributed by atoms with Gasteiger partial charge in [0.2, 0.25) is 0 Å².